The zero-order valence-electron chi connectivity index (χ0n) is 13.6. The Balaban J connectivity index is 1.90. The van der Waals surface area contributed by atoms with Gasteiger partial charge in [-0.05, 0) is 56.7 Å². The molecule has 0 atom stereocenters. The van der Waals surface area contributed by atoms with E-state index in [1.54, 1.807) is 0 Å². The first-order valence-corrected chi connectivity index (χ1v) is 8.24. The number of aryl methyl sites for hydroxylation is 1. The topological polar surface area (TPSA) is 27.7 Å². The monoisotopic (exact) mass is 294 g/mol. The van der Waals surface area contributed by atoms with Gasteiger partial charge in [0.15, 0.2) is 0 Å². The fourth-order valence-electron chi connectivity index (χ4n) is 2.04. The van der Waals surface area contributed by atoms with Crippen molar-refractivity contribution in [2.75, 3.05) is 33.0 Å². The summed E-state index contributed by atoms with van der Waals surface area (Å²) in [5.74, 6) is 0.988. The first-order valence-electron chi connectivity index (χ1n) is 8.24. The third-order valence-electron chi connectivity index (χ3n) is 3.29. The van der Waals surface area contributed by atoms with Gasteiger partial charge in [0, 0.05) is 26.4 Å². The molecule has 1 aromatic carbocycles. The Hall–Kier alpha value is -1.06. The largest absolute Gasteiger partial charge is 0.494 e. The molecule has 0 heterocycles. The van der Waals surface area contributed by atoms with Crippen molar-refractivity contribution in [2.45, 2.75) is 46.0 Å². The Kier molecular flexibility index (Phi) is 10.8. The molecule has 0 radical (unpaired) electrons. The zero-order chi connectivity index (χ0) is 15.2. The average Bonchev–Trinajstić information content (AvgIpc) is 2.53. The van der Waals surface area contributed by atoms with Crippen molar-refractivity contribution in [3.05, 3.63) is 29.8 Å². The maximum Gasteiger partial charge on any atom is 0.119 e. The minimum absolute atomic E-state index is 0.789. The first kappa shape index (κ1) is 18.0. The number of hydrogen-bond acceptors (Lipinski definition) is 3. The van der Waals surface area contributed by atoms with Crippen molar-refractivity contribution in [2.24, 2.45) is 0 Å². The molecule has 0 aliphatic heterocycles. The Labute approximate surface area is 129 Å². The lowest BCUT2D eigenvalue weighted by molar-refractivity contribution is 0.0857. The summed E-state index contributed by atoms with van der Waals surface area (Å²) in [5.41, 5.74) is 1.33. The summed E-state index contributed by atoms with van der Waals surface area (Å²) >= 11 is 0. The fourth-order valence-corrected chi connectivity index (χ4v) is 2.04. The Morgan fingerprint density at radius 3 is 2.38 bits per heavy atom. The quantitative estimate of drug-likeness (QED) is 0.509. The molecule has 3 nitrogen and oxygen atoms in total. The minimum Gasteiger partial charge on any atom is -0.494 e. The predicted octanol–water partition coefficient (Wildman–Crippen LogP) is 4.24. The maximum absolute atomic E-state index is 5.76. The highest BCUT2D eigenvalue weighted by atomic mass is 16.5. The van der Waals surface area contributed by atoms with E-state index < -0.39 is 0 Å². The van der Waals surface area contributed by atoms with Crippen LogP contribution in [0.3, 0.4) is 0 Å². The number of unbranched alkanes of at least 4 members (excludes halogenated alkanes) is 2. The third kappa shape index (κ3) is 9.48. The molecule has 3 heteroatoms. The lowest BCUT2D eigenvalue weighted by Gasteiger charge is -2.08. The molecule has 0 spiro atoms. The van der Waals surface area contributed by atoms with Crippen LogP contribution < -0.4 is 4.74 Å². The van der Waals surface area contributed by atoms with Crippen molar-refractivity contribution < 1.29 is 14.2 Å². The molecule has 1 rings (SSSR count). The van der Waals surface area contributed by atoms with E-state index in [-0.39, 0.29) is 0 Å². The summed E-state index contributed by atoms with van der Waals surface area (Å²) in [6.45, 7) is 8.21. The van der Waals surface area contributed by atoms with E-state index >= 15 is 0 Å². The number of ether oxygens (including phenoxy) is 3. The summed E-state index contributed by atoms with van der Waals surface area (Å²) in [6, 6.07) is 8.35. The van der Waals surface area contributed by atoms with Crippen LogP contribution in [0.15, 0.2) is 24.3 Å². The van der Waals surface area contributed by atoms with Crippen LogP contribution in [0.1, 0.15) is 45.1 Å². The van der Waals surface area contributed by atoms with Crippen LogP contribution in [-0.2, 0) is 15.9 Å². The fraction of sp³-hybridized carbons (Fsp3) is 0.667. The van der Waals surface area contributed by atoms with E-state index in [0.29, 0.717) is 0 Å². The third-order valence-corrected chi connectivity index (χ3v) is 3.29. The van der Waals surface area contributed by atoms with Crippen LogP contribution in [0, 0.1) is 0 Å². The molecule has 0 aliphatic carbocycles. The minimum atomic E-state index is 0.789. The summed E-state index contributed by atoms with van der Waals surface area (Å²) in [6.07, 6.45) is 5.38. The van der Waals surface area contributed by atoms with Crippen LogP contribution in [0.5, 0.6) is 5.75 Å². The molecule has 0 aliphatic rings. The van der Waals surface area contributed by atoms with Crippen LogP contribution in [0.25, 0.3) is 0 Å². The Bertz CT molecular complexity index is 352. The highest BCUT2D eigenvalue weighted by Gasteiger charge is 1.96. The van der Waals surface area contributed by atoms with E-state index in [2.05, 4.69) is 25.1 Å². The van der Waals surface area contributed by atoms with Crippen molar-refractivity contribution in [3.63, 3.8) is 0 Å². The van der Waals surface area contributed by atoms with Crippen LogP contribution in [0.2, 0.25) is 0 Å². The summed E-state index contributed by atoms with van der Waals surface area (Å²) < 4.78 is 16.6. The Morgan fingerprint density at radius 1 is 0.810 bits per heavy atom. The molecule has 0 fully saturated rings. The van der Waals surface area contributed by atoms with Gasteiger partial charge in [0.2, 0.25) is 0 Å². The standard InChI is InChI=1S/C18H30O3/c1-3-17-10-8-11-18(16-17)21-15-7-5-6-12-20-14-9-13-19-4-2/h8,10-11,16H,3-7,9,12-15H2,1-2H3. The smallest absolute Gasteiger partial charge is 0.119 e. The van der Waals surface area contributed by atoms with Crippen LogP contribution >= 0.6 is 0 Å². The van der Waals surface area contributed by atoms with E-state index in [9.17, 15) is 0 Å². The molecule has 0 aromatic heterocycles. The van der Waals surface area contributed by atoms with Gasteiger partial charge in [0.25, 0.3) is 0 Å². The number of hydrogen-bond donors (Lipinski definition) is 0. The molecule has 0 saturated heterocycles. The normalized spacial score (nSPS) is 10.8. The van der Waals surface area contributed by atoms with Gasteiger partial charge in [0.05, 0.1) is 6.61 Å². The summed E-state index contributed by atoms with van der Waals surface area (Å²) in [5, 5.41) is 0. The molecule has 120 valence electrons. The number of rotatable bonds is 13. The van der Waals surface area contributed by atoms with Gasteiger partial charge < -0.3 is 14.2 Å². The molecule has 0 saturated carbocycles. The van der Waals surface area contributed by atoms with Gasteiger partial charge in [-0.1, -0.05) is 19.1 Å². The van der Waals surface area contributed by atoms with Gasteiger partial charge in [-0.3, -0.25) is 0 Å². The van der Waals surface area contributed by atoms with Crippen molar-refractivity contribution in [1.82, 2.24) is 0 Å². The number of benzene rings is 1. The molecular formula is C18H30O3. The summed E-state index contributed by atoms with van der Waals surface area (Å²) in [7, 11) is 0. The van der Waals surface area contributed by atoms with E-state index in [4.69, 9.17) is 14.2 Å². The van der Waals surface area contributed by atoms with E-state index in [0.717, 1.165) is 70.9 Å². The molecule has 21 heavy (non-hydrogen) atoms. The second kappa shape index (κ2) is 12.7. The lowest BCUT2D eigenvalue weighted by atomic mass is 10.2. The molecule has 0 unspecified atom stereocenters. The van der Waals surface area contributed by atoms with Gasteiger partial charge in [-0.15, -0.1) is 0 Å². The predicted molar refractivity (Wildman–Crippen MR) is 87.1 cm³/mol. The second-order valence-electron chi connectivity index (χ2n) is 5.07. The second-order valence-corrected chi connectivity index (χ2v) is 5.07. The first-order chi connectivity index (χ1) is 10.4. The maximum atomic E-state index is 5.76. The van der Waals surface area contributed by atoms with Crippen LogP contribution in [-0.4, -0.2) is 33.0 Å². The van der Waals surface area contributed by atoms with Gasteiger partial charge in [-0.2, -0.15) is 0 Å². The lowest BCUT2D eigenvalue weighted by Crippen LogP contribution is -2.03. The van der Waals surface area contributed by atoms with Crippen molar-refractivity contribution >= 4 is 0 Å². The van der Waals surface area contributed by atoms with Gasteiger partial charge in [-0.25, -0.2) is 0 Å². The summed E-state index contributed by atoms with van der Waals surface area (Å²) in [4.78, 5) is 0. The molecule has 0 N–H and O–H groups in total. The molecular weight excluding hydrogens is 264 g/mol. The zero-order valence-corrected chi connectivity index (χ0v) is 13.6. The SMILES string of the molecule is CCOCCCOCCCCCOc1cccc(CC)c1. The molecule has 0 amide bonds. The molecule has 0 bridgehead atoms. The van der Waals surface area contributed by atoms with Gasteiger partial charge >= 0.3 is 0 Å². The van der Waals surface area contributed by atoms with Crippen LogP contribution in [0.4, 0.5) is 0 Å². The highest BCUT2D eigenvalue weighted by molar-refractivity contribution is 5.28. The molecule has 1 aromatic rings. The van der Waals surface area contributed by atoms with Gasteiger partial charge in [0.1, 0.15) is 5.75 Å². The highest BCUT2D eigenvalue weighted by Crippen LogP contribution is 2.14. The van der Waals surface area contributed by atoms with Crippen molar-refractivity contribution in [3.8, 4) is 5.75 Å². The van der Waals surface area contributed by atoms with E-state index in [1.807, 2.05) is 13.0 Å². The Morgan fingerprint density at radius 2 is 1.57 bits per heavy atom. The average molecular weight is 294 g/mol. The van der Waals surface area contributed by atoms with E-state index in [1.165, 1.54) is 5.56 Å². The van der Waals surface area contributed by atoms with Crippen molar-refractivity contribution in [1.29, 1.82) is 0 Å².